The predicted molar refractivity (Wildman–Crippen MR) is 64.8 cm³/mol. The lowest BCUT2D eigenvalue weighted by Gasteiger charge is -2.30. The Balaban J connectivity index is 2.19. The third-order valence-corrected chi connectivity index (χ3v) is 3.00. The zero-order chi connectivity index (χ0) is 12.1. The van der Waals surface area contributed by atoms with E-state index in [1.165, 1.54) is 6.07 Å². The molecule has 0 saturated carbocycles. The first-order chi connectivity index (χ1) is 8.31. The number of halogens is 1. The summed E-state index contributed by atoms with van der Waals surface area (Å²) in [5.41, 5.74) is 2.05. The van der Waals surface area contributed by atoms with Crippen LogP contribution in [-0.4, -0.2) is 38.0 Å². The van der Waals surface area contributed by atoms with Crippen LogP contribution in [0, 0.1) is 5.82 Å². The fourth-order valence-corrected chi connectivity index (χ4v) is 2.12. The highest BCUT2D eigenvalue weighted by Crippen LogP contribution is 2.24. The lowest BCUT2D eigenvalue weighted by molar-refractivity contribution is 0.122. The van der Waals surface area contributed by atoms with E-state index in [1.54, 1.807) is 6.07 Å². The van der Waals surface area contributed by atoms with Gasteiger partial charge in [-0.2, -0.15) is 0 Å². The van der Waals surface area contributed by atoms with E-state index < -0.39 is 0 Å². The molecule has 0 bridgehead atoms. The average Bonchev–Trinajstić information content (AvgIpc) is 2.38. The molecule has 17 heavy (non-hydrogen) atoms. The molecular formula is C13H18FNO2. The van der Waals surface area contributed by atoms with Crippen LogP contribution in [0.15, 0.2) is 18.2 Å². The van der Waals surface area contributed by atoms with Gasteiger partial charge in [0.1, 0.15) is 5.82 Å². The highest BCUT2D eigenvalue weighted by molar-refractivity contribution is 5.54. The molecule has 0 aliphatic carbocycles. The van der Waals surface area contributed by atoms with Crippen molar-refractivity contribution in [3.05, 3.63) is 29.6 Å². The number of ether oxygens (including phenoxy) is 1. The molecule has 0 atom stereocenters. The van der Waals surface area contributed by atoms with Gasteiger partial charge in [-0.25, -0.2) is 4.39 Å². The average molecular weight is 239 g/mol. The fourth-order valence-electron chi connectivity index (χ4n) is 2.12. The molecule has 0 unspecified atom stereocenters. The smallest absolute Gasteiger partial charge is 0.125 e. The van der Waals surface area contributed by atoms with Gasteiger partial charge in [-0.15, -0.1) is 0 Å². The molecule has 1 aromatic rings. The minimum Gasteiger partial charge on any atom is -0.396 e. The maximum atomic E-state index is 13.3. The first-order valence-corrected chi connectivity index (χ1v) is 6.03. The second-order valence-corrected chi connectivity index (χ2v) is 4.20. The predicted octanol–water partition coefficient (Wildman–Crippen LogP) is 1.59. The molecule has 4 heteroatoms. The van der Waals surface area contributed by atoms with Gasteiger partial charge in [0, 0.05) is 25.4 Å². The molecule has 0 spiro atoms. The molecule has 1 aliphatic heterocycles. The highest BCUT2D eigenvalue weighted by Gasteiger charge is 2.15. The maximum Gasteiger partial charge on any atom is 0.125 e. The van der Waals surface area contributed by atoms with Gasteiger partial charge in [0.25, 0.3) is 0 Å². The van der Waals surface area contributed by atoms with Crippen molar-refractivity contribution in [3.8, 4) is 0 Å². The van der Waals surface area contributed by atoms with E-state index in [4.69, 9.17) is 9.84 Å². The van der Waals surface area contributed by atoms with Gasteiger partial charge in [0.15, 0.2) is 0 Å². The van der Waals surface area contributed by atoms with E-state index in [-0.39, 0.29) is 12.4 Å². The molecule has 0 amide bonds. The summed E-state index contributed by atoms with van der Waals surface area (Å²) in [4.78, 5) is 2.15. The number of hydrogen-bond donors (Lipinski definition) is 1. The molecule has 1 heterocycles. The zero-order valence-electron chi connectivity index (χ0n) is 9.86. The third kappa shape index (κ3) is 3.17. The quantitative estimate of drug-likeness (QED) is 0.866. The van der Waals surface area contributed by atoms with E-state index in [1.807, 2.05) is 6.07 Å². The Morgan fingerprint density at radius 2 is 2.06 bits per heavy atom. The van der Waals surface area contributed by atoms with Crippen LogP contribution in [0.4, 0.5) is 10.1 Å². The first-order valence-electron chi connectivity index (χ1n) is 6.03. The van der Waals surface area contributed by atoms with Crippen molar-refractivity contribution >= 4 is 5.69 Å². The van der Waals surface area contributed by atoms with Crippen molar-refractivity contribution in [1.82, 2.24) is 0 Å². The topological polar surface area (TPSA) is 32.7 Å². The molecule has 1 aliphatic rings. The molecule has 1 fully saturated rings. The second kappa shape index (κ2) is 5.98. The Kier molecular flexibility index (Phi) is 4.34. The number of hydrogen-bond acceptors (Lipinski definition) is 3. The van der Waals surface area contributed by atoms with Gasteiger partial charge >= 0.3 is 0 Å². The van der Waals surface area contributed by atoms with Gasteiger partial charge in [-0.3, -0.25) is 0 Å². The molecule has 1 saturated heterocycles. The largest absolute Gasteiger partial charge is 0.396 e. The summed E-state index contributed by atoms with van der Waals surface area (Å²) >= 11 is 0. The summed E-state index contributed by atoms with van der Waals surface area (Å²) in [6.07, 6.45) is 1.49. The molecule has 2 rings (SSSR count). The van der Waals surface area contributed by atoms with Crippen molar-refractivity contribution in [2.45, 2.75) is 12.8 Å². The Morgan fingerprint density at radius 1 is 1.29 bits per heavy atom. The van der Waals surface area contributed by atoms with E-state index in [0.29, 0.717) is 19.6 Å². The Morgan fingerprint density at radius 3 is 2.76 bits per heavy atom. The van der Waals surface area contributed by atoms with Crippen molar-refractivity contribution in [3.63, 3.8) is 0 Å². The van der Waals surface area contributed by atoms with Crippen LogP contribution in [0.2, 0.25) is 0 Å². The Bertz CT molecular complexity index is 364. The number of rotatable bonds is 4. The van der Waals surface area contributed by atoms with Crippen LogP contribution in [0.5, 0.6) is 0 Å². The van der Waals surface area contributed by atoms with Gasteiger partial charge < -0.3 is 14.7 Å². The lowest BCUT2D eigenvalue weighted by Crippen LogP contribution is -2.36. The van der Waals surface area contributed by atoms with Crippen molar-refractivity contribution in [1.29, 1.82) is 0 Å². The van der Waals surface area contributed by atoms with Crippen LogP contribution in [0.3, 0.4) is 0 Å². The van der Waals surface area contributed by atoms with Crippen LogP contribution >= 0.6 is 0 Å². The van der Waals surface area contributed by atoms with E-state index >= 15 is 0 Å². The molecule has 1 aromatic carbocycles. The number of benzene rings is 1. The van der Waals surface area contributed by atoms with Crippen molar-refractivity contribution < 1.29 is 14.2 Å². The summed E-state index contributed by atoms with van der Waals surface area (Å²) in [5.74, 6) is -0.209. The van der Waals surface area contributed by atoms with Crippen LogP contribution in [0.1, 0.15) is 12.0 Å². The molecule has 3 nitrogen and oxygen atoms in total. The van der Waals surface area contributed by atoms with Gasteiger partial charge in [-0.1, -0.05) is 6.07 Å². The number of nitrogens with zero attached hydrogens (tertiary/aromatic N) is 1. The van der Waals surface area contributed by atoms with Gasteiger partial charge in [0.2, 0.25) is 0 Å². The number of aliphatic hydroxyl groups excluding tert-OH is 1. The normalized spacial score (nSPS) is 16.2. The Hall–Kier alpha value is -1.13. The highest BCUT2D eigenvalue weighted by atomic mass is 19.1. The standard InChI is InChI=1S/C13H18FNO2/c14-12-4-3-11(2-1-7-16)13(10-12)15-5-8-17-9-6-15/h3-4,10,16H,1-2,5-9H2. The van der Waals surface area contributed by atoms with Crippen molar-refractivity contribution in [2.24, 2.45) is 0 Å². The summed E-state index contributed by atoms with van der Waals surface area (Å²) in [6, 6.07) is 4.88. The number of aryl methyl sites for hydroxylation is 1. The monoisotopic (exact) mass is 239 g/mol. The SMILES string of the molecule is OCCCc1ccc(F)cc1N1CCOCC1. The summed E-state index contributed by atoms with van der Waals surface area (Å²) in [7, 11) is 0. The summed E-state index contributed by atoms with van der Waals surface area (Å²) in [5, 5.41) is 8.88. The van der Waals surface area contributed by atoms with Gasteiger partial charge in [-0.05, 0) is 30.5 Å². The third-order valence-electron chi connectivity index (χ3n) is 3.00. The fraction of sp³-hybridized carbons (Fsp3) is 0.538. The minimum atomic E-state index is -0.209. The van der Waals surface area contributed by atoms with Crippen LogP contribution in [-0.2, 0) is 11.2 Å². The first kappa shape index (κ1) is 12.3. The number of aliphatic hydroxyl groups is 1. The van der Waals surface area contributed by atoms with E-state index in [0.717, 1.165) is 30.8 Å². The van der Waals surface area contributed by atoms with Crippen LogP contribution in [0.25, 0.3) is 0 Å². The second-order valence-electron chi connectivity index (χ2n) is 4.20. The molecule has 94 valence electrons. The van der Waals surface area contributed by atoms with E-state index in [2.05, 4.69) is 4.90 Å². The van der Waals surface area contributed by atoms with Crippen molar-refractivity contribution in [2.75, 3.05) is 37.8 Å². The number of anilines is 1. The summed E-state index contributed by atoms with van der Waals surface area (Å²) < 4.78 is 18.6. The lowest BCUT2D eigenvalue weighted by atomic mass is 10.1. The van der Waals surface area contributed by atoms with Crippen LogP contribution < -0.4 is 4.90 Å². The number of morpholine rings is 1. The van der Waals surface area contributed by atoms with Gasteiger partial charge in [0.05, 0.1) is 13.2 Å². The summed E-state index contributed by atoms with van der Waals surface area (Å²) in [6.45, 7) is 3.15. The van der Waals surface area contributed by atoms with E-state index in [9.17, 15) is 4.39 Å². The maximum absolute atomic E-state index is 13.3. The zero-order valence-corrected chi connectivity index (χ0v) is 9.86. The molecule has 1 N–H and O–H groups in total. The Labute approximate surface area is 101 Å². The molecule has 0 radical (unpaired) electrons. The molecule has 0 aromatic heterocycles. The molecular weight excluding hydrogens is 221 g/mol. The minimum absolute atomic E-state index is 0.167.